The van der Waals surface area contributed by atoms with E-state index in [4.69, 9.17) is 5.14 Å². The van der Waals surface area contributed by atoms with Crippen molar-refractivity contribution in [3.8, 4) is 0 Å². The van der Waals surface area contributed by atoms with Crippen molar-refractivity contribution < 1.29 is 13.2 Å². The zero-order valence-corrected chi connectivity index (χ0v) is 15.7. The van der Waals surface area contributed by atoms with Gasteiger partial charge in [0.25, 0.3) is 5.91 Å². The predicted molar refractivity (Wildman–Crippen MR) is 94.6 cm³/mol. The fourth-order valence-electron chi connectivity index (χ4n) is 2.17. The maximum atomic E-state index is 12.5. The average Bonchev–Trinajstić information content (AvgIpc) is 2.88. The summed E-state index contributed by atoms with van der Waals surface area (Å²) in [5.41, 5.74) is 1.51. The van der Waals surface area contributed by atoms with E-state index in [2.05, 4.69) is 10.3 Å². The molecular weight excluding hydrogens is 346 g/mol. The van der Waals surface area contributed by atoms with Gasteiger partial charge in [-0.3, -0.25) is 4.79 Å². The van der Waals surface area contributed by atoms with Crippen LogP contribution in [0.1, 0.15) is 58.7 Å². The minimum absolute atomic E-state index is 0.0460. The van der Waals surface area contributed by atoms with Crippen LogP contribution in [0.15, 0.2) is 29.2 Å². The van der Waals surface area contributed by atoms with Crippen molar-refractivity contribution in [2.45, 2.75) is 44.6 Å². The van der Waals surface area contributed by atoms with Crippen molar-refractivity contribution in [2.75, 3.05) is 0 Å². The molecule has 0 radical (unpaired) electrons. The Balaban J connectivity index is 2.14. The topological polar surface area (TPSA) is 102 Å². The second kappa shape index (κ2) is 7.00. The van der Waals surface area contributed by atoms with Crippen LogP contribution in [0, 0.1) is 6.92 Å². The third kappa shape index (κ3) is 4.19. The van der Waals surface area contributed by atoms with Crippen LogP contribution in [0.2, 0.25) is 0 Å². The van der Waals surface area contributed by atoms with Gasteiger partial charge in [-0.25, -0.2) is 18.5 Å². The highest BCUT2D eigenvalue weighted by atomic mass is 32.2. The summed E-state index contributed by atoms with van der Waals surface area (Å²) in [6.07, 6.45) is 0. The summed E-state index contributed by atoms with van der Waals surface area (Å²) < 4.78 is 22.5. The fraction of sp³-hybridized carbons (Fsp3) is 0.375. The van der Waals surface area contributed by atoms with Gasteiger partial charge in [-0.15, -0.1) is 11.3 Å². The van der Waals surface area contributed by atoms with E-state index in [1.807, 2.05) is 27.7 Å². The summed E-state index contributed by atoms with van der Waals surface area (Å²) in [7, 11) is -3.72. The lowest BCUT2D eigenvalue weighted by molar-refractivity contribution is 0.0943. The predicted octanol–water partition coefficient (Wildman–Crippen LogP) is 2.71. The second-order valence-electron chi connectivity index (χ2n) is 5.93. The van der Waals surface area contributed by atoms with E-state index in [1.165, 1.54) is 23.5 Å². The van der Waals surface area contributed by atoms with Crippen molar-refractivity contribution >= 4 is 27.3 Å². The zero-order chi connectivity index (χ0) is 18.1. The number of hydrogen-bond donors (Lipinski definition) is 2. The maximum Gasteiger partial charge on any atom is 0.263 e. The number of nitrogens with one attached hydrogen (secondary N) is 1. The van der Waals surface area contributed by atoms with Crippen molar-refractivity contribution in [2.24, 2.45) is 5.14 Å². The molecule has 1 unspecified atom stereocenters. The first kappa shape index (κ1) is 18.6. The zero-order valence-electron chi connectivity index (χ0n) is 14.0. The van der Waals surface area contributed by atoms with Crippen molar-refractivity contribution in [3.05, 3.63) is 45.4 Å². The third-order valence-electron chi connectivity index (χ3n) is 3.57. The van der Waals surface area contributed by atoms with E-state index in [9.17, 15) is 13.2 Å². The summed E-state index contributed by atoms with van der Waals surface area (Å²) in [5, 5.41) is 8.93. The van der Waals surface area contributed by atoms with Crippen LogP contribution in [-0.2, 0) is 10.0 Å². The van der Waals surface area contributed by atoms with Gasteiger partial charge in [-0.2, -0.15) is 0 Å². The van der Waals surface area contributed by atoms with Gasteiger partial charge in [-0.1, -0.05) is 26.0 Å². The standard InChI is InChI=1S/C16H21N3O3S2/c1-9(2)16-19-11(4)14(23-16)15(20)18-10(3)12-5-7-13(8-6-12)24(17,21)22/h5-10H,1-4H3,(H,18,20)(H2,17,21,22). The summed E-state index contributed by atoms with van der Waals surface area (Å²) in [6.45, 7) is 7.73. The molecule has 0 bridgehead atoms. The molecule has 0 saturated heterocycles. The van der Waals surface area contributed by atoms with Crippen molar-refractivity contribution in [1.82, 2.24) is 10.3 Å². The number of aryl methyl sites for hydroxylation is 1. The number of amides is 1. The molecule has 2 aromatic rings. The first-order chi connectivity index (χ1) is 11.1. The van der Waals surface area contributed by atoms with Crippen LogP contribution in [0.4, 0.5) is 0 Å². The largest absolute Gasteiger partial charge is 0.345 e. The van der Waals surface area contributed by atoms with Gasteiger partial charge < -0.3 is 5.32 Å². The Kier molecular flexibility index (Phi) is 5.42. The summed E-state index contributed by atoms with van der Waals surface area (Å²) in [4.78, 5) is 17.5. The molecule has 0 saturated carbocycles. The SMILES string of the molecule is Cc1nc(C(C)C)sc1C(=O)NC(C)c1ccc(S(N)(=O)=O)cc1. The Labute approximate surface area is 146 Å². The monoisotopic (exact) mass is 367 g/mol. The number of thiazole rings is 1. The Morgan fingerprint density at radius 2 is 1.79 bits per heavy atom. The number of hydrogen-bond acceptors (Lipinski definition) is 5. The molecule has 1 atom stereocenters. The Hall–Kier alpha value is -1.77. The fourth-order valence-corrected chi connectivity index (χ4v) is 3.65. The first-order valence-electron chi connectivity index (χ1n) is 7.50. The molecule has 0 fully saturated rings. The number of aromatic nitrogens is 1. The summed E-state index contributed by atoms with van der Waals surface area (Å²) >= 11 is 1.40. The Morgan fingerprint density at radius 3 is 2.25 bits per heavy atom. The van der Waals surface area contributed by atoms with Crippen LogP contribution >= 0.6 is 11.3 Å². The van der Waals surface area contributed by atoms with E-state index < -0.39 is 10.0 Å². The lowest BCUT2D eigenvalue weighted by Crippen LogP contribution is -2.26. The molecule has 1 amide bonds. The highest BCUT2D eigenvalue weighted by Gasteiger charge is 2.19. The van der Waals surface area contributed by atoms with Gasteiger partial charge in [0.2, 0.25) is 10.0 Å². The maximum absolute atomic E-state index is 12.5. The van der Waals surface area contributed by atoms with E-state index in [0.29, 0.717) is 4.88 Å². The number of nitrogens with two attached hydrogens (primary N) is 1. The van der Waals surface area contributed by atoms with E-state index in [0.717, 1.165) is 16.3 Å². The molecule has 3 N–H and O–H groups in total. The quantitative estimate of drug-likeness (QED) is 0.848. The number of sulfonamides is 1. The molecule has 8 heteroatoms. The van der Waals surface area contributed by atoms with Gasteiger partial charge in [0, 0.05) is 5.92 Å². The smallest absolute Gasteiger partial charge is 0.263 e. The van der Waals surface area contributed by atoms with E-state index in [1.54, 1.807) is 12.1 Å². The lowest BCUT2D eigenvalue weighted by Gasteiger charge is -2.14. The number of benzene rings is 1. The van der Waals surface area contributed by atoms with Crippen molar-refractivity contribution in [3.63, 3.8) is 0 Å². The highest BCUT2D eigenvalue weighted by Crippen LogP contribution is 2.25. The number of carbonyl (C=O) groups is 1. The van der Waals surface area contributed by atoms with Gasteiger partial charge in [-0.05, 0) is 31.5 Å². The minimum Gasteiger partial charge on any atom is -0.345 e. The van der Waals surface area contributed by atoms with Crippen LogP contribution in [0.25, 0.3) is 0 Å². The molecule has 1 aromatic carbocycles. The molecule has 130 valence electrons. The number of rotatable bonds is 5. The highest BCUT2D eigenvalue weighted by molar-refractivity contribution is 7.89. The number of primary sulfonamides is 1. The molecule has 0 aliphatic rings. The van der Waals surface area contributed by atoms with Crippen LogP contribution in [0.5, 0.6) is 0 Å². The molecule has 6 nitrogen and oxygen atoms in total. The average molecular weight is 367 g/mol. The van der Waals surface area contributed by atoms with Gasteiger partial charge in [0.05, 0.1) is 21.6 Å². The van der Waals surface area contributed by atoms with Gasteiger partial charge >= 0.3 is 0 Å². The first-order valence-corrected chi connectivity index (χ1v) is 9.87. The van der Waals surface area contributed by atoms with Gasteiger partial charge in [0.15, 0.2) is 0 Å². The van der Waals surface area contributed by atoms with Crippen LogP contribution < -0.4 is 10.5 Å². The second-order valence-corrected chi connectivity index (χ2v) is 8.52. The molecule has 2 rings (SSSR count). The molecule has 24 heavy (non-hydrogen) atoms. The normalized spacial score (nSPS) is 13.1. The Bertz CT molecular complexity index is 840. The molecule has 0 aliphatic carbocycles. The van der Waals surface area contributed by atoms with Gasteiger partial charge in [0.1, 0.15) is 4.88 Å². The minimum atomic E-state index is -3.72. The lowest BCUT2D eigenvalue weighted by atomic mass is 10.1. The van der Waals surface area contributed by atoms with E-state index in [-0.39, 0.29) is 22.8 Å². The molecule has 0 aliphatic heterocycles. The van der Waals surface area contributed by atoms with Crippen LogP contribution in [0.3, 0.4) is 0 Å². The third-order valence-corrected chi connectivity index (χ3v) is 5.96. The van der Waals surface area contributed by atoms with Crippen molar-refractivity contribution in [1.29, 1.82) is 0 Å². The Morgan fingerprint density at radius 1 is 1.21 bits per heavy atom. The number of nitrogens with zero attached hydrogens (tertiary/aromatic N) is 1. The molecular formula is C16H21N3O3S2. The molecule has 1 aromatic heterocycles. The number of carbonyl (C=O) groups excluding carboxylic acids is 1. The van der Waals surface area contributed by atoms with E-state index >= 15 is 0 Å². The molecule has 0 spiro atoms. The van der Waals surface area contributed by atoms with Crippen LogP contribution in [-0.4, -0.2) is 19.3 Å². The molecule has 1 heterocycles. The summed E-state index contributed by atoms with van der Waals surface area (Å²) in [5.74, 6) is 0.0957. The summed E-state index contributed by atoms with van der Waals surface area (Å²) in [6, 6.07) is 5.88.